The average molecular weight is 378 g/mol. The van der Waals surface area contributed by atoms with Gasteiger partial charge < -0.3 is 10.6 Å². The highest BCUT2D eigenvalue weighted by atomic mass is 32.2. The minimum absolute atomic E-state index is 0.0973. The number of benzene rings is 2. The van der Waals surface area contributed by atoms with Crippen LogP contribution < -0.4 is 15.8 Å². The predicted octanol–water partition coefficient (Wildman–Crippen LogP) is 3.16. The van der Waals surface area contributed by atoms with Crippen molar-refractivity contribution in [2.24, 2.45) is 5.14 Å². The molecule has 0 spiro atoms. The third-order valence-electron chi connectivity index (χ3n) is 3.74. The van der Waals surface area contributed by atoms with Gasteiger partial charge in [-0.3, -0.25) is 0 Å². The van der Waals surface area contributed by atoms with Crippen molar-refractivity contribution in [3.8, 4) is 0 Å². The molecule has 134 valence electrons. The molecule has 0 amide bonds. The molecule has 0 bridgehead atoms. The minimum Gasteiger partial charge on any atom is -0.358 e. The van der Waals surface area contributed by atoms with E-state index in [0.29, 0.717) is 11.7 Å². The molecule has 0 aliphatic rings. The van der Waals surface area contributed by atoms with Crippen molar-refractivity contribution < 1.29 is 8.42 Å². The van der Waals surface area contributed by atoms with Crippen LogP contribution in [0.15, 0.2) is 53.4 Å². The molecule has 7 heteroatoms. The van der Waals surface area contributed by atoms with E-state index in [1.807, 2.05) is 12.1 Å². The summed E-state index contributed by atoms with van der Waals surface area (Å²) >= 11 is 5.28. The fourth-order valence-corrected chi connectivity index (χ4v) is 3.00. The zero-order valence-corrected chi connectivity index (χ0v) is 15.8. The second-order valence-corrected chi connectivity index (χ2v) is 7.77. The molecule has 0 aliphatic carbocycles. The molecule has 0 heterocycles. The molecule has 0 aromatic heterocycles. The molecule has 5 nitrogen and oxygen atoms in total. The first-order valence-electron chi connectivity index (χ1n) is 8.14. The first kappa shape index (κ1) is 19.4. The van der Waals surface area contributed by atoms with Crippen LogP contribution in [0.25, 0.3) is 0 Å². The molecule has 0 saturated heterocycles. The monoisotopic (exact) mass is 377 g/mol. The predicted molar refractivity (Wildman–Crippen MR) is 106 cm³/mol. The van der Waals surface area contributed by atoms with Gasteiger partial charge in [0.15, 0.2) is 5.11 Å². The van der Waals surface area contributed by atoms with Crippen LogP contribution in [-0.2, 0) is 23.0 Å². The summed E-state index contributed by atoms with van der Waals surface area (Å²) in [7, 11) is -3.66. The second kappa shape index (κ2) is 8.94. The fraction of sp³-hybridized carbons (Fsp3) is 0.278. The third-order valence-corrected chi connectivity index (χ3v) is 4.91. The van der Waals surface area contributed by atoms with E-state index in [9.17, 15) is 8.42 Å². The SMILES string of the molecule is CCCCc1ccc(NC(=S)NCc2ccc(S(N)(=O)=O)cc2)cc1. The van der Waals surface area contributed by atoms with Gasteiger partial charge in [-0.2, -0.15) is 0 Å². The smallest absolute Gasteiger partial charge is 0.238 e. The number of thiocarbonyl (C=S) groups is 1. The van der Waals surface area contributed by atoms with E-state index in [1.165, 1.54) is 30.5 Å². The zero-order chi connectivity index (χ0) is 18.3. The van der Waals surface area contributed by atoms with Crippen molar-refractivity contribution >= 4 is 33.0 Å². The number of rotatable bonds is 7. The number of nitrogens with one attached hydrogen (secondary N) is 2. The summed E-state index contributed by atoms with van der Waals surface area (Å²) in [6.07, 6.45) is 3.47. The standard InChI is InChI=1S/C18H23N3O2S2/c1-2-3-4-14-5-9-16(10-6-14)21-18(24)20-13-15-7-11-17(12-8-15)25(19,22)23/h5-12H,2-4,13H2,1H3,(H2,19,22,23)(H2,20,21,24). The normalized spacial score (nSPS) is 11.1. The van der Waals surface area contributed by atoms with Gasteiger partial charge in [0, 0.05) is 12.2 Å². The molecule has 2 aromatic rings. The van der Waals surface area contributed by atoms with E-state index in [0.717, 1.165) is 17.7 Å². The van der Waals surface area contributed by atoms with Crippen LogP contribution in [-0.4, -0.2) is 13.5 Å². The van der Waals surface area contributed by atoms with Crippen molar-refractivity contribution in [2.75, 3.05) is 5.32 Å². The molecule has 2 rings (SSSR count). The van der Waals surface area contributed by atoms with Crippen LogP contribution in [0.5, 0.6) is 0 Å². The van der Waals surface area contributed by atoms with Crippen LogP contribution in [0.3, 0.4) is 0 Å². The summed E-state index contributed by atoms with van der Waals surface area (Å²) in [5.74, 6) is 0. The summed E-state index contributed by atoms with van der Waals surface area (Å²) in [6.45, 7) is 2.67. The third kappa shape index (κ3) is 6.45. The second-order valence-electron chi connectivity index (χ2n) is 5.80. The summed E-state index contributed by atoms with van der Waals surface area (Å²) in [6, 6.07) is 14.6. The molecule has 0 fully saturated rings. The molecule has 0 radical (unpaired) electrons. The van der Waals surface area contributed by atoms with Crippen LogP contribution in [0.1, 0.15) is 30.9 Å². The average Bonchev–Trinajstić information content (AvgIpc) is 2.59. The number of aryl methyl sites for hydroxylation is 1. The van der Waals surface area contributed by atoms with Crippen LogP contribution in [0.2, 0.25) is 0 Å². The van der Waals surface area contributed by atoms with E-state index in [1.54, 1.807) is 12.1 Å². The van der Waals surface area contributed by atoms with E-state index < -0.39 is 10.0 Å². The number of unbranched alkanes of at least 4 members (excludes halogenated alkanes) is 1. The lowest BCUT2D eigenvalue weighted by atomic mass is 10.1. The lowest BCUT2D eigenvalue weighted by molar-refractivity contribution is 0.597. The van der Waals surface area contributed by atoms with Crippen LogP contribution >= 0.6 is 12.2 Å². The Morgan fingerprint density at radius 1 is 1.04 bits per heavy atom. The molecule has 0 saturated carbocycles. The van der Waals surface area contributed by atoms with Gasteiger partial charge in [0.25, 0.3) is 0 Å². The molecule has 0 aliphatic heterocycles. The van der Waals surface area contributed by atoms with Gasteiger partial charge in [0.1, 0.15) is 0 Å². The fourth-order valence-electron chi connectivity index (χ4n) is 2.29. The van der Waals surface area contributed by atoms with Gasteiger partial charge in [0.2, 0.25) is 10.0 Å². The van der Waals surface area contributed by atoms with E-state index in [2.05, 4.69) is 29.7 Å². The van der Waals surface area contributed by atoms with E-state index in [4.69, 9.17) is 17.4 Å². The molecule has 0 atom stereocenters. The number of primary sulfonamides is 1. The Bertz CT molecular complexity index is 801. The van der Waals surface area contributed by atoms with Gasteiger partial charge in [-0.1, -0.05) is 37.6 Å². The zero-order valence-electron chi connectivity index (χ0n) is 14.2. The van der Waals surface area contributed by atoms with Gasteiger partial charge >= 0.3 is 0 Å². The van der Waals surface area contributed by atoms with Crippen LogP contribution in [0, 0.1) is 0 Å². The minimum atomic E-state index is -3.66. The number of nitrogens with two attached hydrogens (primary N) is 1. The van der Waals surface area contributed by atoms with Crippen molar-refractivity contribution in [1.82, 2.24) is 5.32 Å². The summed E-state index contributed by atoms with van der Waals surface area (Å²) in [5.41, 5.74) is 3.16. The number of sulfonamides is 1. The highest BCUT2D eigenvalue weighted by molar-refractivity contribution is 7.89. The Balaban J connectivity index is 1.84. The first-order chi connectivity index (χ1) is 11.9. The molecule has 4 N–H and O–H groups in total. The number of hydrogen-bond donors (Lipinski definition) is 3. The quantitative estimate of drug-likeness (QED) is 0.646. The Hall–Kier alpha value is -1.96. The Labute approximate surface area is 154 Å². The highest BCUT2D eigenvalue weighted by Crippen LogP contribution is 2.12. The van der Waals surface area contributed by atoms with Crippen molar-refractivity contribution in [2.45, 2.75) is 37.6 Å². The van der Waals surface area contributed by atoms with E-state index >= 15 is 0 Å². The molecular formula is C18H23N3O2S2. The maximum Gasteiger partial charge on any atom is 0.238 e. The summed E-state index contributed by atoms with van der Waals surface area (Å²) < 4.78 is 22.5. The maximum absolute atomic E-state index is 11.2. The van der Waals surface area contributed by atoms with Crippen molar-refractivity contribution in [1.29, 1.82) is 0 Å². The van der Waals surface area contributed by atoms with Gasteiger partial charge in [-0.05, 0) is 60.5 Å². The topological polar surface area (TPSA) is 84.2 Å². The number of hydrogen-bond acceptors (Lipinski definition) is 3. The molecular weight excluding hydrogens is 354 g/mol. The highest BCUT2D eigenvalue weighted by Gasteiger charge is 2.06. The van der Waals surface area contributed by atoms with Crippen molar-refractivity contribution in [3.05, 3.63) is 59.7 Å². The van der Waals surface area contributed by atoms with E-state index in [-0.39, 0.29) is 4.90 Å². The molecule has 25 heavy (non-hydrogen) atoms. The largest absolute Gasteiger partial charge is 0.358 e. The summed E-state index contributed by atoms with van der Waals surface area (Å²) in [4.78, 5) is 0.0973. The molecule has 2 aromatic carbocycles. The lowest BCUT2D eigenvalue weighted by Gasteiger charge is -2.11. The van der Waals surface area contributed by atoms with Crippen molar-refractivity contribution in [3.63, 3.8) is 0 Å². The maximum atomic E-state index is 11.2. The first-order valence-corrected chi connectivity index (χ1v) is 10.1. The Kier molecular flexibility index (Phi) is 6.92. The Morgan fingerprint density at radius 3 is 2.20 bits per heavy atom. The Morgan fingerprint density at radius 2 is 1.64 bits per heavy atom. The van der Waals surface area contributed by atoms with Gasteiger partial charge in [0.05, 0.1) is 4.90 Å². The summed E-state index contributed by atoms with van der Waals surface area (Å²) in [5, 5.41) is 11.8. The molecule has 0 unspecified atom stereocenters. The van der Waals surface area contributed by atoms with Gasteiger partial charge in [-0.25, -0.2) is 13.6 Å². The van der Waals surface area contributed by atoms with Gasteiger partial charge in [-0.15, -0.1) is 0 Å². The lowest BCUT2D eigenvalue weighted by Crippen LogP contribution is -2.27. The number of anilines is 1. The van der Waals surface area contributed by atoms with Crippen LogP contribution in [0.4, 0.5) is 5.69 Å².